The molecule has 0 aliphatic carbocycles. The molecular formula is C29H25Cl2NO4. The summed E-state index contributed by atoms with van der Waals surface area (Å²) in [7, 11) is 0. The molecule has 1 amide bonds. The Morgan fingerprint density at radius 1 is 1.00 bits per heavy atom. The van der Waals surface area contributed by atoms with Gasteiger partial charge in [0.25, 0.3) is 5.91 Å². The number of amides is 1. The summed E-state index contributed by atoms with van der Waals surface area (Å²) in [5, 5.41) is 1.30. The van der Waals surface area contributed by atoms with E-state index in [0.29, 0.717) is 44.9 Å². The van der Waals surface area contributed by atoms with E-state index < -0.39 is 6.04 Å². The fourth-order valence-electron chi connectivity index (χ4n) is 4.50. The van der Waals surface area contributed by atoms with Crippen molar-refractivity contribution in [1.82, 2.24) is 4.90 Å². The van der Waals surface area contributed by atoms with Crippen molar-refractivity contribution in [2.75, 3.05) is 6.61 Å². The van der Waals surface area contributed by atoms with Gasteiger partial charge in [-0.15, -0.1) is 0 Å². The average Bonchev–Trinajstić information content (AvgIpc) is 3.13. The number of benzene rings is 3. The maximum absolute atomic E-state index is 13.7. The molecule has 5 rings (SSSR count). The second kappa shape index (κ2) is 10.00. The van der Waals surface area contributed by atoms with Crippen LogP contribution >= 0.6 is 23.2 Å². The zero-order valence-corrected chi connectivity index (χ0v) is 21.5. The third-order valence-electron chi connectivity index (χ3n) is 6.36. The zero-order valence-electron chi connectivity index (χ0n) is 20.0. The first kappa shape index (κ1) is 24.4. The van der Waals surface area contributed by atoms with Crippen LogP contribution in [0, 0.1) is 5.92 Å². The van der Waals surface area contributed by atoms with Crippen LogP contribution in [0.2, 0.25) is 10.0 Å². The van der Waals surface area contributed by atoms with E-state index in [1.54, 1.807) is 29.2 Å². The Kier molecular flexibility index (Phi) is 6.78. The molecule has 7 heteroatoms. The maximum Gasteiger partial charge on any atom is 0.291 e. The molecule has 0 saturated carbocycles. The summed E-state index contributed by atoms with van der Waals surface area (Å²) in [6, 6.07) is 19.0. The first-order chi connectivity index (χ1) is 17.3. The van der Waals surface area contributed by atoms with Crippen LogP contribution < -0.4 is 10.2 Å². The lowest BCUT2D eigenvalue weighted by atomic mass is 9.98. The van der Waals surface area contributed by atoms with Crippen molar-refractivity contribution in [2.24, 2.45) is 5.92 Å². The van der Waals surface area contributed by atoms with Gasteiger partial charge in [0.2, 0.25) is 5.76 Å². The van der Waals surface area contributed by atoms with Gasteiger partial charge >= 0.3 is 0 Å². The van der Waals surface area contributed by atoms with Crippen LogP contribution in [0.25, 0.3) is 11.0 Å². The van der Waals surface area contributed by atoms with E-state index in [-0.39, 0.29) is 23.6 Å². The average molecular weight is 522 g/mol. The molecule has 1 unspecified atom stereocenters. The van der Waals surface area contributed by atoms with E-state index in [0.717, 1.165) is 17.5 Å². The number of carbonyl (C=O) groups is 1. The number of nitrogens with zero attached hydrogens (tertiary/aromatic N) is 1. The zero-order chi connectivity index (χ0) is 25.4. The smallest absolute Gasteiger partial charge is 0.291 e. The molecule has 1 aliphatic rings. The first-order valence-electron chi connectivity index (χ1n) is 11.9. The van der Waals surface area contributed by atoms with Crippen LogP contribution in [-0.2, 0) is 6.54 Å². The molecule has 0 fully saturated rings. The topological polar surface area (TPSA) is 59.8 Å². The summed E-state index contributed by atoms with van der Waals surface area (Å²) in [6.07, 6.45) is 0.921. The quantitative estimate of drug-likeness (QED) is 0.256. The van der Waals surface area contributed by atoms with E-state index >= 15 is 0 Å². The van der Waals surface area contributed by atoms with Gasteiger partial charge in [-0.3, -0.25) is 9.59 Å². The SMILES string of the molecule is CC(C)CCOc1cccc(C2c3c(oc4ccc(Cl)cc4c3=O)C(=O)N2Cc2ccccc2Cl)c1. The minimum atomic E-state index is -0.669. The van der Waals surface area contributed by atoms with Crippen LogP contribution in [0.5, 0.6) is 5.75 Å². The molecule has 1 aromatic heterocycles. The second-order valence-electron chi connectivity index (χ2n) is 9.34. The lowest BCUT2D eigenvalue weighted by Crippen LogP contribution is -2.29. The van der Waals surface area contributed by atoms with Crippen LogP contribution in [-0.4, -0.2) is 17.4 Å². The van der Waals surface area contributed by atoms with Gasteiger partial charge in [0.1, 0.15) is 11.3 Å². The molecule has 2 heterocycles. The van der Waals surface area contributed by atoms with Gasteiger partial charge in [-0.25, -0.2) is 0 Å². The number of hydrogen-bond donors (Lipinski definition) is 0. The molecule has 5 nitrogen and oxygen atoms in total. The Morgan fingerprint density at radius 2 is 1.81 bits per heavy atom. The van der Waals surface area contributed by atoms with E-state index in [2.05, 4.69) is 13.8 Å². The van der Waals surface area contributed by atoms with Gasteiger partial charge in [0.05, 0.1) is 23.6 Å². The molecule has 0 bridgehead atoms. The van der Waals surface area contributed by atoms with Crippen LogP contribution in [0.4, 0.5) is 0 Å². The van der Waals surface area contributed by atoms with Crippen LogP contribution in [0.1, 0.15) is 53.6 Å². The van der Waals surface area contributed by atoms with Gasteiger partial charge in [-0.05, 0) is 59.9 Å². The third kappa shape index (κ3) is 4.61. The molecule has 0 spiro atoms. The molecule has 3 aromatic carbocycles. The fraction of sp³-hybridized carbons (Fsp3) is 0.241. The Bertz CT molecular complexity index is 1510. The summed E-state index contributed by atoms with van der Waals surface area (Å²) in [5.41, 5.74) is 1.86. The number of ether oxygens (including phenoxy) is 1. The van der Waals surface area contributed by atoms with Crippen molar-refractivity contribution in [2.45, 2.75) is 32.9 Å². The summed E-state index contributed by atoms with van der Waals surface area (Å²) in [6.45, 7) is 5.07. The standard InChI is InChI=1S/C29H25Cl2NO4/c1-17(2)12-13-35-21-8-5-7-18(14-21)26-25-27(33)22-15-20(30)10-11-24(22)36-28(25)29(34)32(26)16-19-6-3-4-9-23(19)31/h3-11,14-15,17,26H,12-13,16H2,1-2H3. The molecule has 4 aromatic rings. The highest BCUT2D eigenvalue weighted by Gasteiger charge is 2.43. The van der Waals surface area contributed by atoms with Crippen LogP contribution in [0.3, 0.4) is 0 Å². The number of fused-ring (bicyclic) bond motifs is 2. The van der Waals surface area contributed by atoms with Gasteiger partial charge < -0.3 is 14.1 Å². The Labute approximate surface area is 219 Å². The number of halogens is 2. The predicted octanol–water partition coefficient (Wildman–Crippen LogP) is 7.27. The van der Waals surface area contributed by atoms with Crippen LogP contribution in [0.15, 0.2) is 75.9 Å². The minimum Gasteiger partial charge on any atom is -0.494 e. The highest BCUT2D eigenvalue weighted by atomic mass is 35.5. The van der Waals surface area contributed by atoms with E-state index in [4.69, 9.17) is 32.4 Å². The highest BCUT2D eigenvalue weighted by molar-refractivity contribution is 6.31. The van der Waals surface area contributed by atoms with E-state index in [9.17, 15) is 9.59 Å². The third-order valence-corrected chi connectivity index (χ3v) is 6.97. The predicted molar refractivity (Wildman–Crippen MR) is 142 cm³/mol. The second-order valence-corrected chi connectivity index (χ2v) is 10.2. The van der Waals surface area contributed by atoms with Gasteiger partial charge in [0, 0.05) is 16.6 Å². The van der Waals surface area contributed by atoms with Crippen molar-refractivity contribution >= 4 is 40.1 Å². The molecule has 36 heavy (non-hydrogen) atoms. The molecular weight excluding hydrogens is 497 g/mol. The number of hydrogen-bond acceptors (Lipinski definition) is 4. The van der Waals surface area contributed by atoms with Crippen molar-refractivity contribution in [1.29, 1.82) is 0 Å². The normalized spacial score (nSPS) is 15.1. The number of carbonyl (C=O) groups excluding carboxylic acids is 1. The van der Waals surface area contributed by atoms with Crippen molar-refractivity contribution in [3.05, 3.63) is 109 Å². The molecule has 1 aliphatic heterocycles. The Hall–Kier alpha value is -3.28. The molecule has 1 atom stereocenters. The maximum atomic E-state index is 13.7. The lowest BCUT2D eigenvalue weighted by Gasteiger charge is -2.26. The molecule has 0 radical (unpaired) electrons. The first-order valence-corrected chi connectivity index (χ1v) is 12.6. The fourth-order valence-corrected chi connectivity index (χ4v) is 4.87. The molecule has 184 valence electrons. The summed E-state index contributed by atoms with van der Waals surface area (Å²) in [4.78, 5) is 29.1. The van der Waals surface area contributed by atoms with Crippen molar-refractivity contribution in [3.63, 3.8) is 0 Å². The Balaban J connectivity index is 1.64. The highest BCUT2D eigenvalue weighted by Crippen LogP contribution is 2.40. The summed E-state index contributed by atoms with van der Waals surface area (Å²) < 4.78 is 12.0. The lowest BCUT2D eigenvalue weighted by molar-refractivity contribution is 0.0714. The Morgan fingerprint density at radius 3 is 2.58 bits per heavy atom. The molecule has 0 N–H and O–H groups in total. The summed E-state index contributed by atoms with van der Waals surface area (Å²) >= 11 is 12.6. The van der Waals surface area contributed by atoms with E-state index in [1.165, 1.54) is 0 Å². The van der Waals surface area contributed by atoms with E-state index in [1.807, 2.05) is 42.5 Å². The van der Waals surface area contributed by atoms with Gasteiger partial charge in [-0.1, -0.05) is 67.4 Å². The van der Waals surface area contributed by atoms with Crippen molar-refractivity contribution < 1.29 is 13.9 Å². The van der Waals surface area contributed by atoms with Gasteiger partial charge in [0.15, 0.2) is 5.43 Å². The van der Waals surface area contributed by atoms with Crippen molar-refractivity contribution in [3.8, 4) is 5.75 Å². The molecule has 0 saturated heterocycles. The minimum absolute atomic E-state index is 0.0398. The van der Waals surface area contributed by atoms with Gasteiger partial charge in [-0.2, -0.15) is 0 Å². The monoisotopic (exact) mass is 521 g/mol. The largest absolute Gasteiger partial charge is 0.494 e. The summed E-state index contributed by atoms with van der Waals surface area (Å²) in [5.74, 6) is 0.872. The number of rotatable bonds is 7.